The lowest BCUT2D eigenvalue weighted by atomic mass is 9.92. The number of carbonyl (C=O) groups is 2. The standard InChI is InChI=1S/C23H28F3N5O3/c1-13(2)21(33)30-22-28-14(3)8-17(29-22)18(32)9-15-6-5-7-31(12-15)20-19(34-4)10-16(11-27-20)23(24,25)26/h8,10-11,13,15H,5-7,9,12H2,1-4H3,(H,28,29,30,33)/t15-/m0/s1. The molecule has 184 valence electrons. The quantitative estimate of drug-likeness (QED) is 0.592. The molecule has 1 aliphatic rings. The first-order valence-corrected chi connectivity index (χ1v) is 11.0. The molecule has 3 heterocycles. The number of piperidine rings is 1. The van der Waals surface area contributed by atoms with Crippen LogP contribution in [0.2, 0.25) is 0 Å². The highest BCUT2D eigenvalue weighted by molar-refractivity contribution is 5.95. The van der Waals surface area contributed by atoms with Crippen molar-refractivity contribution in [1.29, 1.82) is 0 Å². The van der Waals surface area contributed by atoms with Gasteiger partial charge in [0.15, 0.2) is 17.4 Å². The number of amides is 1. The Morgan fingerprint density at radius 2 is 2.00 bits per heavy atom. The number of ether oxygens (including phenoxy) is 1. The van der Waals surface area contributed by atoms with E-state index in [4.69, 9.17) is 4.74 Å². The predicted octanol–water partition coefficient (Wildman–Crippen LogP) is 4.29. The number of Topliss-reactive ketones (excluding diaryl/α,β-unsaturated/α-hetero) is 1. The normalized spacial score (nSPS) is 16.5. The molecular formula is C23H28F3N5O3. The minimum absolute atomic E-state index is 0.0405. The van der Waals surface area contributed by atoms with Crippen molar-refractivity contribution >= 4 is 23.5 Å². The number of hydrogen-bond donors (Lipinski definition) is 1. The number of nitrogens with zero attached hydrogens (tertiary/aromatic N) is 4. The lowest BCUT2D eigenvalue weighted by molar-refractivity contribution is -0.137. The highest BCUT2D eigenvalue weighted by Crippen LogP contribution is 2.36. The Morgan fingerprint density at radius 1 is 1.26 bits per heavy atom. The molecule has 0 saturated carbocycles. The van der Waals surface area contributed by atoms with Crippen LogP contribution >= 0.6 is 0 Å². The second kappa shape index (κ2) is 10.4. The van der Waals surface area contributed by atoms with Crippen LogP contribution in [0, 0.1) is 18.8 Å². The van der Waals surface area contributed by atoms with Crippen LogP contribution < -0.4 is 15.0 Å². The first-order chi connectivity index (χ1) is 16.0. The van der Waals surface area contributed by atoms with Gasteiger partial charge in [-0.25, -0.2) is 15.0 Å². The van der Waals surface area contributed by atoms with Crippen LogP contribution in [0.4, 0.5) is 24.9 Å². The third-order valence-electron chi connectivity index (χ3n) is 5.57. The minimum atomic E-state index is -4.52. The Kier molecular flexibility index (Phi) is 7.73. The van der Waals surface area contributed by atoms with Crippen molar-refractivity contribution in [3.05, 3.63) is 35.3 Å². The molecule has 0 unspecified atom stereocenters. The molecule has 2 aromatic heterocycles. The number of ketones is 1. The Balaban J connectivity index is 1.73. The van der Waals surface area contributed by atoms with Crippen LogP contribution in [-0.4, -0.2) is 46.8 Å². The summed E-state index contributed by atoms with van der Waals surface area (Å²) in [5.41, 5.74) is -0.105. The molecule has 1 fully saturated rings. The van der Waals surface area contributed by atoms with Crippen molar-refractivity contribution < 1.29 is 27.5 Å². The molecule has 0 aliphatic carbocycles. The van der Waals surface area contributed by atoms with Crippen molar-refractivity contribution in [2.45, 2.75) is 46.2 Å². The van der Waals surface area contributed by atoms with Gasteiger partial charge in [0.05, 0.1) is 12.7 Å². The summed E-state index contributed by atoms with van der Waals surface area (Å²) in [5.74, 6) is -0.282. The number of aryl methyl sites for hydroxylation is 1. The molecule has 1 N–H and O–H groups in total. The maximum atomic E-state index is 13.0. The average Bonchev–Trinajstić information content (AvgIpc) is 2.77. The molecular weight excluding hydrogens is 451 g/mol. The van der Waals surface area contributed by atoms with Crippen molar-refractivity contribution in [1.82, 2.24) is 15.0 Å². The number of halogens is 3. The second-order valence-corrected chi connectivity index (χ2v) is 8.69. The van der Waals surface area contributed by atoms with E-state index in [2.05, 4.69) is 20.3 Å². The summed E-state index contributed by atoms with van der Waals surface area (Å²) in [5, 5.41) is 2.61. The van der Waals surface area contributed by atoms with E-state index in [-0.39, 0.29) is 47.3 Å². The van der Waals surface area contributed by atoms with Crippen molar-refractivity contribution in [3.8, 4) is 5.75 Å². The number of alkyl halides is 3. The second-order valence-electron chi connectivity index (χ2n) is 8.69. The summed E-state index contributed by atoms with van der Waals surface area (Å²) in [6.45, 7) is 6.24. The van der Waals surface area contributed by atoms with Gasteiger partial charge >= 0.3 is 6.18 Å². The summed E-state index contributed by atoms with van der Waals surface area (Å²) in [6.07, 6.45) is -1.98. The van der Waals surface area contributed by atoms with Crippen LogP contribution in [0.1, 0.15) is 54.9 Å². The highest BCUT2D eigenvalue weighted by Gasteiger charge is 2.33. The first kappa shape index (κ1) is 25.4. The maximum Gasteiger partial charge on any atom is 0.418 e. The molecule has 0 aromatic carbocycles. The summed E-state index contributed by atoms with van der Waals surface area (Å²) in [6, 6.07) is 2.52. The number of aromatic nitrogens is 3. The Hall–Kier alpha value is -3.24. The van der Waals surface area contributed by atoms with Crippen LogP contribution in [0.15, 0.2) is 18.3 Å². The molecule has 0 bridgehead atoms. The third-order valence-corrected chi connectivity index (χ3v) is 5.57. The van der Waals surface area contributed by atoms with Gasteiger partial charge in [0, 0.05) is 37.3 Å². The van der Waals surface area contributed by atoms with Gasteiger partial charge in [-0.15, -0.1) is 0 Å². The van der Waals surface area contributed by atoms with Crippen molar-refractivity contribution in [2.24, 2.45) is 11.8 Å². The molecule has 1 atom stereocenters. The zero-order valence-electron chi connectivity index (χ0n) is 19.6. The highest BCUT2D eigenvalue weighted by atomic mass is 19.4. The number of pyridine rings is 1. The molecule has 1 amide bonds. The lowest BCUT2D eigenvalue weighted by Gasteiger charge is -2.34. The third kappa shape index (κ3) is 6.21. The number of anilines is 2. The van der Waals surface area contributed by atoms with Crippen LogP contribution in [-0.2, 0) is 11.0 Å². The fourth-order valence-corrected chi connectivity index (χ4v) is 3.79. The van der Waals surface area contributed by atoms with E-state index in [1.54, 1.807) is 26.8 Å². The Morgan fingerprint density at radius 3 is 2.65 bits per heavy atom. The van der Waals surface area contributed by atoms with Crippen molar-refractivity contribution in [2.75, 3.05) is 30.4 Å². The van der Waals surface area contributed by atoms with E-state index in [0.29, 0.717) is 24.6 Å². The number of nitrogens with one attached hydrogen (secondary N) is 1. The molecule has 11 heteroatoms. The van der Waals surface area contributed by atoms with Gasteiger partial charge in [-0.2, -0.15) is 13.2 Å². The fraction of sp³-hybridized carbons (Fsp3) is 0.522. The average molecular weight is 480 g/mol. The van der Waals surface area contributed by atoms with Gasteiger partial charge in [-0.1, -0.05) is 13.8 Å². The number of rotatable bonds is 7. The van der Waals surface area contributed by atoms with Gasteiger partial charge in [-0.3, -0.25) is 14.9 Å². The van der Waals surface area contributed by atoms with Crippen LogP contribution in [0.25, 0.3) is 0 Å². The van der Waals surface area contributed by atoms with Gasteiger partial charge < -0.3 is 9.64 Å². The number of methoxy groups -OCH3 is 1. The van der Waals surface area contributed by atoms with Crippen LogP contribution in [0.5, 0.6) is 5.75 Å². The van der Waals surface area contributed by atoms with Gasteiger partial charge in [0.1, 0.15) is 5.69 Å². The SMILES string of the molecule is COc1cc(C(F)(F)F)cnc1N1CCC[C@@H](CC(=O)c2cc(C)nc(NC(=O)C(C)C)n2)C1. The van der Waals surface area contributed by atoms with E-state index < -0.39 is 11.7 Å². The summed E-state index contributed by atoms with van der Waals surface area (Å²) < 4.78 is 44.3. The molecule has 0 radical (unpaired) electrons. The minimum Gasteiger partial charge on any atom is -0.493 e. The topological polar surface area (TPSA) is 97.3 Å². The van der Waals surface area contributed by atoms with Gasteiger partial charge in [0.25, 0.3) is 0 Å². The Bertz CT molecular complexity index is 1060. The monoisotopic (exact) mass is 479 g/mol. The molecule has 3 rings (SSSR count). The van der Waals surface area contributed by atoms with E-state index in [1.165, 1.54) is 7.11 Å². The smallest absolute Gasteiger partial charge is 0.418 e. The van der Waals surface area contributed by atoms with Crippen LogP contribution in [0.3, 0.4) is 0 Å². The maximum absolute atomic E-state index is 13.0. The number of carbonyl (C=O) groups excluding carboxylic acids is 2. The number of hydrogen-bond acceptors (Lipinski definition) is 7. The van der Waals surface area contributed by atoms with E-state index in [9.17, 15) is 22.8 Å². The Labute approximate surface area is 195 Å². The molecule has 0 spiro atoms. The van der Waals surface area contributed by atoms with Gasteiger partial charge in [-0.05, 0) is 37.8 Å². The van der Waals surface area contributed by atoms with Crippen molar-refractivity contribution in [3.63, 3.8) is 0 Å². The zero-order chi connectivity index (χ0) is 25.0. The molecule has 34 heavy (non-hydrogen) atoms. The zero-order valence-corrected chi connectivity index (χ0v) is 19.6. The molecule has 1 saturated heterocycles. The lowest BCUT2D eigenvalue weighted by Crippen LogP contribution is -2.37. The summed E-state index contributed by atoms with van der Waals surface area (Å²) in [4.78, 5) is 39.2. The largest absolute Gasteiger partial charge is 0.493 e. The van der Waals surface area contributed by atoms with E-state index in [0.717, 1.165) is 25.1 Å². The fourth-order valence-electron chi connectivity index (χ4n) is 3.79. The molecule has 2 aromatic rings. The van der Waals surface area contributed by atoms with E-state index in [1.807, 2.05) is 4.90 Å². The van der Waals surface area contributed by atoms with Gasteiger partial charge in [0.2, 0.25) is 11.9 Å². The summed E-state index contributed by atoms with van der Waals surface area (Å²) in [7, 11) is 1.30. The molecule has 8 nitrogen and oxygen atoms in total. The van der Waals surface area contributed by atoms with E-state index >= 15 is 0 Å². The predicted molar refractivity (Wildman–Crippen MR) is 120 cm³/mol. The molecule has 1 aliphatic heterocycles. The first-order valence-electron chi connectivity index (χ1n) is 11.0. The summed E-state index contributed by atoms with van der Waals surface area (Å²) >= 11 is 0.